The van der Waals surface area contributed by atoms with Crippen LogP contribution in [0.2, 0.25) is 0 Å². The van der Waals surface area contributed by atoms with Crippen LogP contribution in [0.3, 0.4) is 0 Å². The molecule has 1 saturated carbocycles. The normalized spacial score (nSPS) is 33.6. The molecular weight excluding hydrogens is 282 g/mol. The number of carboxylic acids is 1. The highest BCUT2D eigenvalue weighted by molar-refractivity contribution is 7.10. The number of nitrogens with zero attached hydrogens (tertiary/aromatic N) is 1. The van der Waals surface area contributed by atoms with Gasteiger partial charge in [-0.05, 0) is 55.5 Å². The van der Waals surface area contributed by atoms with Crippen molar-refractivity contribution in [1.82, 2.24) is 4.90 Å². The minimum atomic E-state index is -0.599. The molecule has 1 aliphatic carbocycles. The summed E-state index contributed by atoms with van der Waals surface area (Å²) in [6.07, 6.45) is 5.23. The van der Waals surface area contributed by atoms with Crippen LogP contribution in [0.25, 0.3) is 0 Å². The number of carboxylic acid groups (broad SMARTS) is 1. The number of fused-ring (bicyclic) bond motifs is 1. The van der Waals surface area contributed by atoms with E-state index in [0.717, 1.165) is 32.2 Å². The molecule has 1 N–H and O–H groups in total. The van der Waals surface area contributed by atoms with Gasteiger partial charge < -0.3 is 5.11 Å². The van der Waals surface area contributed by atoms with Crippen molar-refractivity contribution < 1.29 is 9.90 Å². The van der Waals surface area contributed by atoms with E-state index in [1.54, 1.807) is 0 Å². The predicted molar refractivity (Wildman–Crippen MR) is 85.7 cm³/mol. The van der Waals surface area contributed by atoms with Gasteiger partial charge in [0, 0.05) is 23.5 Å². The molecule has 3 rings (SSSR count). The van der Waals surface area contributed by atoms with E-state index in [0.29, 0.717) is 12.0 Å². The fraction of sp³-hybridized carbons (Fsp3) is 0.706. The van der Waals surface area contributed by atoms with E-state index in [2.05, 4.69) is 30.2 Å². The molecule has 1 fully saturated rings. The average Bonchev–Trinajstić information content (AvgIpc) is 2.96. The maximum atomic E-state index is 11.7. The van der Waals surface area contributed by atoms with Gasteiger partial charge in [-0.3, -0.25) is 9.69 Å². The molecule has 1 aliphatic heterocycles. The van der Waals surface area contributed by atoms with E-state index in [4.69, 9.17) is 0 Å². The summed E-state index contributed by atoms with van der Waals surface area (Å²) in [5, 5.41) is 11.8. The molecule has 2 heterocycles. The lowest BCUT2D eigenvalue weighted by atomic mass is 9.75. The summed E-state index contributed by atoms with van der Waals surface area (Å²) in [6.45, 7) is 5.50. The fourth-order valence-electron chi connectivity index (χ4n) is 4.24. The average molecular weight is 307 g/mol. The summed E-state index contributed by atoms with van der Waals surface area (Å²) >= 11 is 1.85. The van der Waals surface area contributed by atoms with Crippen LogP contribution in [-0.2, 0) is 11.2 Å². The topological polar surface area (TPSA) is 40.5 Å². The smallest absolute Gasteiger partial charge is 0.308 e. The molecule has 4 unspecified atom stereocenters. The summed E-state index contributed by atoms with van der Waals surface area (Å²) in [6, 6.07) is 2.80. The van der Waals surface area contributed by atoms with Gasteiger partial charge in [0.25, 0.3) is 0 Å². The van der Waals surface area contributed by atoms with Crippen LogP contribution in [0, 0.1) is 11.8 Å². The Balaban J connectivity index is 1.84. The molecular formula is C17H25NO2S. The Bertz CT molecular complexity index is 513. The number of hydrogen-bond donors (Lipinski definition) is 1. The maximum Gasteiger partial charge on any atom is 0.308 e. The molecule has 1 aromatic heterocycles. The summed E-state index contributed by atoms with van der Waals surface area (Å²) in [7, 11) is 0. The molecule has 0 radical (unpaired) electrons. The first-order valence-corrected chi connectivity index (χ1v) is 9.04. The Hall–Kier alpha value is -0.870. The highest BCUT2D eigenvalue weighted by Gasteiger charge is 2.41. The van der Waals surface area contributed by atoms with Gasteiger partial charge in [-0.15, -0.1) is 11.3 Å². The Morgan fingerprint density at radius 1 is 1.48 bits per heavy atom. The molecule has 1 aromatic rings. The van der Waals surface area contributed by atoms with Crippen LogP contribution in [0.4, 0.5) is 0 Å². The van der Waals surface area contributed by atoms with E-state index in [-0.39, 0.29) is 12.0 Å². The molecule has 3 nitrogen and oxygen atoms in total. The SMILES string of the molecule is CCC1CCC(C(=O)O)C(N2CCc3sccc3C2C)C1. The third-order valence-corrected chi connectivity index (χ3v) is 6.57. The first-order chi connectivity index (χ1) is 10.1. The molecule has 21 heavy (non-hydrogen) atoms. The van der Waals surface area contributed by atoms with Gasteiger partial charge in [0.15, 0.2) is 0 Å². The van der Waals surface area contributed by atoms with Crippen molar-refractivity contribution in [2.24, 2.45) is 11.8 Å². The third-order valence-electron chi connectivity index (χ3n) is 5.57. The number of rotatable bonds is 3. The maximum absolute atomic E-state index is 11.7. The lowest BCUT2D eigenvalue weighted by Crippen LogP contribution is -2.50. The van der Waals surface area contributed by atoms with Gasteiger partial charge in [-0.25, -0.2) is 0 Å². The quantitative estimate of drug-likeness (QED) is 0.919. The molecule has 116 valence electrons. The number of hydrogen-bond acceptors (Lipinski definition) is 3. The van der Waals surface area contributed by atoms with E-state index in [1.165, 1.54) is 16.9 Å². The van der Waals surface area contributed by atoms with E-state index >= 15 is 0 Å². The largest absolute Gasteiger partial charge is 0.481 e. The van der Waals surface area contributed by atoms with Crippen LogP contribution >= 0.6 is 11.3 Å². The summed E-state index contributed by atoms with van der Waals surface area (Å²) in [5.74, 6) is -0.0880. The molecule has 4 atom stereocenters. The van der Waals surface area contributed by atoms with Gasteiger partial charge in [0.1, 0.15) is 0 Å². The predicted octanol–water partition coefficient (Wildman–Crippen LogP) is 3.95. The van der Waals surface area contributed by atoms with Crippen molar-refractivity contribution in [1.29, 1.82) is 0 Å². The third kappa shape index (κ3) is 2.76. The Morgan fingerprint density at radius 2 is 2.29 bits per heavy atom. The molecule has 0 bridgehead atoms. The second-order valence-corrected chi connectivity index (χ2v) is 7.56. The minimum Gasteiger partial charge on any atom is -0.481 e. The van der Waals surface area contributed by atoms with Crippen LogP contribution < -0.4 is 0 Å². The number of aliphatic carboxylic acids is 1. The van der Waals surface area contributed by atoms with E-state index in [9.17, 15) is 9.90 Å². The van der Waals surface area contributed by atoms with Crippen molar-refractivity contribution in [3.8, 4) is 0 Å². The lowest BCUT2D eigenvalue weighted by Gasteiger charge is -2.45. The van der Waals surface area contributed by atoms with Crippen LogP contribution in [0.5, 0.6) is 0 Å². The summed E-state index contributed by atoms with van der Waals surface area (Å²) in [5.41, 5.74) is 1.43. The van der Waals surface area contributed by atoms with E-state index < -0.39 is 5.97 Å². The standard InChI is InChI=1S/C17H25NO2S/c1-3-12-4-5-14(17(19)20)15(10-12)18-8-6-16-13(11(18)2)7-9-21-16/h7,9,11-12,14-15H,3-6,8,10H2,1-2H3,(H,19,20). The number of thiophene rings is 1. The molecule has 0 aromatic carbocycles. The van der Waals surface area contributed by atoms with Crippen LogP contribution in [0.15, 0.2) is 11.4 Å². The molecule has 0 spiro atoms. The van der Waals surface area contributed by atoms with Crippen molar-refractivity contribution in [2.45, 2.75) is 58.0 Å². The first kappa shape index (κ1) is 15.0. The second-order valence-electron chi connectivity index (χ2n) is 6.56. The van der Waals surface area contributed by atoms with Gasteiger partial charge >= 0.3 is 5.97 Å². The first-order valence-electron chi connectivity index (χ1n) is 8.16. The summed E-state index contributed by atoms with van der Waals surface area (Å²) in [4.78, 5) is 15.7. The molecule has 0 amide bonds. The van der Waals surface area contributed by atoms with Crippen LogP contribution in [-0.4, -0.2) is 28.6 Å². The van der Waals surface area contributed by atoms with Crippen LogP contribution in [0.1, 0.15) is 56.0 Å². The highest BCUT2D eigenvalue weighted by Crippen LogP contribution is 2.41. The van der Waals surface area contributed by atoms with E-state index in [1.807, 2.05) is 11.3 Å². The minimum absolute atomic E-state index is 0.185. The zero-order valence-electron chi connectivity index (χ0n) is 12.9. The fourth-order valence-corrected chi connectivity index (χ4v) is 5.20. The monoisotopic (exact) mass is 307 g/mol. The van der Waals surface area contributed by atoms with Crippen molar-refractivity contribution in [3.63, 3.8) is 0 Å². The zero-order valence-corrected chi connectivity index (χ0v) is 13.7. The molecule has 0 saturated heterocycles. The number of carbonyl (C=O) groups is 1. The van der Waals surface area contributed by atoms with Gasteiger partial charge in [0.2, 0.25) is 0 Å². The lowest BCUT2D eigenvalue weighted by molar-refractivity contribution is -0.147. The van der Waals surface area contributed by atoms with Crippen molar-refractivity contribution in [2.75, 3.05) is 6.54 Å². The zero-order chi connectivity index (χ0) is 15.0. The Kier molecular flexibility index (Phi) is 4.36. The van der Waals surface area contributed by atoms with Gasteiger partial charge in [-0.2, -0.15) is 0 Å². The Morgan fingerprint density at radius 3 is 3.00 bits per heavy atom. The van der Waals surface area contributed by atoms with Crippen molar-refractivity contribution >= 4 is 17.3 Å². The summed E-state index contributed by atoms with van der Waals surface area (Å²) < 4.78 is 0. The Labute approximate surface area is 131 Å². The molecule has 2 aliphatic rings. The van der Waals surface area contributed by atoms with Crippen molar-refractivity contribution in [3.05, 3.63) is 21.9 Å². The van der Waals surface area contributed by atoms with Gasteiger partial charge in [0.05, 0.1) is 5.92 Å². The molecule has 4 heteroatoms. The highest BCUT2D eigenvalue weighted by atomic mass is 32.1. The second kappa shape index (κ2) is 6.09. The van der Waals surface area contributed by atoms with Gasteiger partial charge in [-0.1, -0.05) is 13.3 Å².